The van der Waals surface area contributed by atoms with E-state index in [4.69, 9.17) is 4.74 Å². The number of esters is 1. The van der Waals surface area contributed by atoms with Crippen molar-refractivity contribution in [3.05, 3.63) is 48.0 Å². The van der Waals surface area contributed by atoms with Crippen LogP contribution in [0, 0.1) is 0 Å². The number of nitrogens with one attached hydrogen (secondary N) is 1. The summed E-state index contributed by atoms with van der Waals surface area (Å²) < 4.78 is 4.76. The van der Waals surface area contributed by atoms with Gasteiger partial charge in [0.25, 0.3) is 5.91 Å². The summed E-state index contributed by atoms with van der Waals surface area (Å²) >= 11 is 0. The second-order valence-corrected chi connectivity index (χ2v) is 4.01. The van der Waals surface area contributed by atoms with Gasteiger partial charge in [0.1, 0.15) is 6.54 Å². The molecule has 0 aromatic heterocycles. The van der Waals surface area contributed by atoms with Gasteiger partial charge < -0.3 is 10.1 Å². The molecule has 0 fully saturated rings. The summed E-state index contributed by atoms with van der Waals surface area (Å²) in [6.45, 7) is 1.92. The van der Waals surface area contributed by atoms with Crippen molar-refractivity contribution in [3.63, 3.8) is 0 Å². The Hall–Kier alpha value is -2.36. The molecule has 0 saturated carbocycles. The predicted octanol–water partition coefficient (Wildman–Crippen LogP) is 2.13. The molecule has 1 N–H and O–H groups in total. The maximum atomic E-state index is 12.0. The van der Waals surface area contributed by atoms with Crippen LogP contribution in [0.5, 0.6) is 0 Å². The van der Waals surface area contributed by atoms with Gasteiger partial charge in [0, 0.05) is 5.56 Å². The molecule has 4 heteroatoms. The van der Waals surface area contributed by atoms with Gasteiger partial charge in [0.05, 0.1) is 6.61 Å². The molecule has 2 rings (SSSR count). The number of amides is 1. The zero-order valence-corrected chi connectivity index (χ0v) is 10.7. The monoisotopic (exact) mass is 257 g/mol. The van der Waals surface area contributed by atoms with Crippen LogP contribution in [0.2, 0.25) is 0 Å². The molecular weight excluding hydrogens is 242 g/mol. The molecule has 2 aromatic carbocycles. The van der Waals surface area contributed by atoms with Gasteiger partial charge in [0.15, 0.2) is 0 Å². The molecule has 0 bridgehead atoms. The highest BCUT2D eigenvalue weighted by Crippen LogP contribution is 2.18. The second-order valence-electron chi connectivity index (χ2n) is 4.01. The standard InChI is InChI=1S/C15H15NO3/c1-2-19-14(17)10-16-15(18)13-9-5-7-11-6-3-4-8-12(11)13/h3-9H,2,10H2,1H3,(H,16,18). The van der Waals surface area contributed by atoms with Crippen molar-refractivity contribution in [1.82, 2.24) is 5.32 Å². The molecule has 0 aliphatic heterocycles. The summed E-state index contributed by atoms with van der Waals surface area (Å²) in [5.74, 6) is -0.707. The van der Waals surface area contributed by atoms with Gasteiger partial charge in [-0.1, -0.05) is 36.4 Å². The first kappa shape index (κ1) is 13.1. The van der Waals surface area contributed by atoms with E-state index in [0.29, 0.717) is 12.2 Å². The molecule has 0 aliphatic carbocycles. The number of hydrogen-bond donors (Lipinski definition) is 1. The van der Waals surface area contributed by atoms with E-state index in [1.165, 1.54) is 0 Å². The Bertz CT molecular complexity index is 602. The molecule has 0 aliphatic rings. The number of hydrogen-bond acceptors (Lipinski definition) is 3. The van der Waals surface area contributed by atoms with E-state index in [-0.39, 0.29) is 12.5 Å². The lowest BCUT2D eigenvalue weighted by atomic mass is 10.0. The molecule has 2 aromatic rings. The number of carbonyl (C=O) groups is 2. The fourth-order valence-electron chi connectivity index (χ4n) is 1.88. The van der Waals surface area contributed by atoms with E-state index >= 15 is 0 Å². The first-order valence-corrected chi connectivity index (χ1v) is 6.14. The van der Waals surface area contributed by atoms with Crippen LogP contribution in [0.4, 0.5) is 0 Å². The van der Waals surface area contributed by atoms with Crippen LogP contribution in [0.3, 0.4) is 0 Å². The zero-order chi connectivity index (χ0) is 13.7. The number of ether oxygens (including phenoxy) is 1. The number of benzene rings is 2. The molecule has 0 spiro atoms. The van der Waals surface area contributed by atoms with E-state index in [9.17, 15) is 9.59 Å². The van der Waals surface area contributed by atoms with Crippen LogP contribution in [0.25, 0.3) is 10.8 Å². The average Bonchev–Trinajstić information content (AvgIpc) is 2.44. The molecule has 98 valence electrons. The molecule has 0 atom stereocenters. The smallest absolute Gasteiger partial charge is 0.325 e. The van der Waals surface area contributed by atoms with Crippen LogP contribution < -0.4 is 5.32 Å². The number of rotatable bonds is 4. The van der Waals surface area contributed by atoms with Crippen LogP contribution in [0.1, 0.15) is 17.3 Å². The fraction of sp³-hybridized carbons (Fsp3) is 0.200. The van der Waals surface area contributed by atoms with Crippen LogP contribution in [-0.2, 0) is 9.53 Å². The van der Waals surface area contributed by atoms with E-state index < -0.39 is 5.97 Å². The van der Waals surface area contributed by atoms with Crippen molar-refractivity contribution in [1.29, 1.82) is 0 Å². The molecule has 0 heterocycles. The van der Waals surface area contributed by atoms with Crippen LogP contribution in [-0.4, -0.2) is 25.0 Å². The molecule has 4 nitrogen and oxygen atoms in total. The van der Waals surface area contributed by atoms with E-state index in [1.54, 1.807) is 13.0 Å². The third-order valence-electron chi connectivity index (χ3n) is 2.73. The summed E-state index contributed by atoms with van der Waals surface area (Å²) in [7, 11) is 0. The van der Waals surface area contributed by atoms with Gasteiger partial charge in [-0.05, 0) is 23.8 Å². The molecule has 0 unspecified atom stereocenters. The minimum absolute atomic E-state index is 0.115. The highest BCUT2D eigenvalue weighted by Gasteiger charge is 2.11. The third kappa shape index (κ3) is 3.10. The quantitative estimate of drug-likeness (QED) is 0.854. The zero-order valence-electron chi connectivity index (χ0n) is 10.7. The largest absolute Gasteiger partial charge is 0.465 e. The van der Waals surface area contributed by atoms with Crippen molar-refractivity contribution in [2.75, 3.05) is 13.2 Å². The lowest BCUT2D eigenvalue weighted by Crippen LogP contribution is -2.30. The second kappa shape index (κ2) is 6.00. The van der Waals surface area contributed by atoms with Crippen molar-refractivity contribution in [2.45, 2.75) is 6.92 Å². The minimum Gasteiger partial charge on any atom is -0.465 e. The van der Waals surface area contributed by atoms with E-state index in [2.05, 4.69) is 5.32 Å². The van der Waals surface area contributed by atoms with Crippen LogP contribution >= 0.6 is 0 Å². The Morgan fingerprint density at radius 1 is 1.11 bits per heavy atom. The Morgan fingerprint density at radius 3 is 2.63 bits per heavy atom. The predicted molar refractivity (Wildman–Crippen MR) is 72.9 cm³/mol. The number of carbonyl (C=O) groups excluding carboxylic acids is 2. The van der Waals surface area contributed by atoms with Crippen LogP contribution in [0.15, 0.2) is 42.5 Å². The fourth-order valence-corrected chi connectivity index (χ4v) is 1.88. The first-order chi connectivity index (χ1) is 9.22. The van der Waals surface area contributed by atoms with Gasteiger partial charge in [0.2, 0.25) is 0 Å². The third-order valence-corrected chi connectivity index (χ3v) is 2.73. The maximum Gasteiger partial charge on any atom is 0.325 e. The summed E-state index contributed by atoms with van der Waals surface area (Å²) in [6, 6.07) is 13.1. The Kier molecular flexibility index (Phi) is 4.13. The number of fused-ring (bicyclic) bond motifs is 1. The molecular formula is C15H15NO3. The summed E-state index contributed by atoms with van der Waals surface area (Å²) in [5, 5.41) is 4.42. The normalized spacial score (nSPS) is 10.2. The van der Waals surface area contributed by atoms with Gasteiger partial charge in [-0.15, -0.1) is 0 Å². The van der Waals surface area contributed by atoms with Crippen molar-refractivity contribution >= 4 is 22.6 Å². The van der Waals surface area contributed by atoms with Crippen molar-refractivity contribution < 1.29 is 14.3 Å². The lowest BCUT2D eigenvalue weighted by Gasteiger charge is -2.07. The van der Waals surface area contributed by atoms with Gasteiger partial charge in [-0.25, -0.2) is 0 Å². The first-order valence-electron chi connectivity index (χ1n) is 6.14. The molecule has 19 heavy (non-hydrogen) atoms. The highest BCUT2D eigenvalue weighted by molar-refractivity contribution is 6.07. The summed E-state index contributed by atoms with van der Waals surface area (Å²) in [4.78, 5) is 23.3. The van der Waals surface area contributed by atoms with Gasteiger partial charge >= 0.3 is 5.97 Å². The maximum absolute atomic E-state index is 12.0. The summed E-state index contributed by atoms with van der Waals surface area (Å²) in [6.07, 6.45) is 0. The van der Waals surface area contributed by atoms with E-state index in [1.807, 2.05) is 36.4 Å². The van der Waals surface area contributed by atoms with E-state index in [0.717, 1.165) is 10.8 Å². The Morgan fingerprint density at radius 2 is 1.84 bits per heavy atom. The molecule has 1 amide bonds. The molecule has 0 saturated heterocycles. The SMILES string of the molecule is CCOC(=O)CNC(=O)c1cccc2ccccc12. The summed E-state index contributed by atoms with van der Waals surface area (Å²) in [5.41, 5.74) is 0.558. The Balaban J connectivity index is 2.15. The molecule has 0 radical (unpaired) electrons. The van der Waals surface area contributed by atoms with Crippen molar-refractivity contribution in [2.24, 2.45) is 0 Å². The Labute approximate surface area is 111 Å². The lowest BCUT2D eigenvalue weighted by molar-refractivity contribution is -0.141. The van der Waals surface area contributed by atoms with Gasteiger partial charge in [-0.2, -0.15) is 0 Å². The van der Waals surface area contributed by atoms with Crippen molar-refractivity contribution in [3.8, 4) is 0 Å². The topological polar surface area (TPSA) is 55.4 Å². The highest BCUT2D eigenvalue weighted by atomic mass is 16.5. The van der Waals surface area contributed by atoms with Gasteiger partial charge in [-0.3, -0.25) is 9.59 Å². The average molecular weight is 257 g/mol. The minimum atomic E-state index is -0.434.